The van der Waals surface area contributed by atoms with Gasteiger partial charge in [0.25, 0.3) is 11.8 Å². The molecule has 9 heteroatoms. The summed E-state index contributed by atoms with van der Waals surface area (Å²) < 4.78 is 5.23. The minimum Gasteiger partial charge on any atom is -0.487 e. The number of carbonyl (C=O) groups is 2. The summed E-state index contributed by atoms with van der Waals surface area (Å²) in [6, 6.07) is 17.1. The molecule has 3 rings (SSSR count). The van der Waals surface area contributed by atoms with Crippen molar-refractivity contribution in [1.29, 1.82) is 0 Å². The summed E-state index contributed by atoms with van der Waals surface area (Å²) in [5.41, 5.74) is 0.899. The van der Waals surface area contributed by atoms with Gasteiger partial charge in [-0.3, -0.25) is 19.7 Å². The van der Waals surface area contributed by atoms with Gasteiger partial charge in [-0.05, 0) is 49.4 Å². The largest absolute Gasteiger partial charge is 0.487 e. The van der Waals surface area contributed by atoms with Crippen LogP contribution in [0.4, 0.5) is 17.1 Å². The van der Waals surface area contributed by atoms with E-state index in [1.54, 1.807) is 43.3 Å². The third kappa shape index (κ3) is 5.37. The van der Waals surface area contributed by atoms with E-state index in [0.717, 1.165) is 6.07 Å². The van der Waals surface area contributed by atoms with E-state index >= 15 is 0 Å². The van der Waals surface area contributed by atoms with E-state index < -0.39 is 10.8 Å². The first-order valence-electron chi connectivity index (χ1n) is 9.27. The van der Waals surface area contributed by atoms with Crippen LogP contribution in [-0.4, -0.2) is 23.3 Å². The van der Waals surface area contributed by atoms with Crippen molar-refractivity contribution in [2.75, 3.05) is 17.2 Å². The molecule has 0 saturated carbocycles. The maximum Gasteiger partial charge on any atom is 0.311 e. The summed E-state index contributed by atoms with van der Waals surface area (Å²) in [7, 11) is 0. The summed E-state index contributed by atoms with van der Waals surface area (Å²) in [5, 5.41) is 16.9. The van der Waals surface area contributed by atoms with Crippen LogP contribution >= 0.6 is 11.6 Å². The van der Waals surface area contributed by atoms with E-state index in [0.29, 0.717) is 22.0 Å². The molecule has 3 aromatic carbocycles. The number of nitro benzene ring substituents is 1. The van der Waals surface area contributed by atoms with Gasteiger partial charge < -0.3 is 15.4 Å². The van der Waals surface area contributed by atoms with Crippen molar-refractivity contribution in [3.63, 3.8) is 0 Å². The highest BCUT2D eigenvalue weighted by atomic mass is 35.5. The third-order valence-corrected chi connectivity index (χ3v) is 4.56. The molecule has 2 amide bonds. The van der Waals surface area contributed by atoms with Crippen molar-refractivity contribution in [3.05, 3.63) is 93.0 Å². The zero-order valence-corrected chi connectivity index (χ0v) is 17.2. The maximum absolute atomic E-state index is 12.6. The van der Waals surface area contributed by atoms with Crippen molar-refractivity contribution in [2.45, 2.75) is 6.92 Å². The molecule has 0 aliphatic heterocycles. The lowest BCUT2D eigenvalue weighted by atomic mass is 10.1. The van der Waals surface area contributed by atoms with Gasteiger partial charge >= 0.3 is 5.69 Å². The van der Waals surface area contributed by atoms with Gasteiger partial charge in [0.05, 0.1) is 22.2 Å². The minimum atomic E-state index is -0.610. The smallest absolute Gasteiger partial charge is 0.311 e. The average molecular weight is 440 g/mol. The molecule has 0 atom stereocenters. The number of ether oxygens (including phenoxy) is 1. The number of hydrogen-bond donors (Lipinski definition) is 2. The lowest BCUT2D eigenvalue weighted by molar-refractivity contribution is -0.385. The zero-order valence-electron chi connectivity index (χ0n) is 16.4. The normalized spacial score (nSPS) is 10.3. The molecule has 0 bridgehead atoms. The molecule has 0 radical (unpaired) electrons. The molecular formula is C22H18ClN3O5. The summed E-state index contributed by atoms with van der Waals surface area (Å²) in [6.07, 6.45) is 0. The van der Waals surface area contributed by atoms with Crippen LogP contribution in [0.25, 0.3) is 0 Å². The highest BCUT2D eigenvalue weighted by molar-refractivity contribution is 6.34. The van der Waals surface area contributed by atoms with Gasteiger partial charge in [0.15, 0.2) is 5.75 Å². The maximum atomic E-state index is 12.6. The number of halogens is 1. The fourth-order valence-corrected chi connectivity index (χ4v) is 2.93. The van der Waals surface area contributed by atoms with Crippen molar-refractivity contribution in [3.8, 4) is 5.75 Å². The van der Waals surface area contributed by atoms with E-state index in [4.69, 9.17) is 16.3 Å². The molecule has 0 heterocycles. The molecule has 31 heavy (non-hydrogen) atoms. The van der Waals surface area contributed by atoms with Crippen LogP contribution in [0.5, 0.6) is 5.75 Å². The van der Waals surface area contributed by atoms with E-state index in [-0.39, 0.29) is 29.5 Å². The van der Waals surface area contributed by atoms with Gasteiger partial charge in [-0.25, -0.2) is 0 Å². The minimum absolute atomic E-state index is 0.0833. The number of hydrogen-bond acceptors (Lipinski definition) is 5. The molecule has 158 valence electrons. The summed E-state index contributed by atoms with van der Waals surface area (Å²) >= 11 is 6.17. The SMILES string of the molecule is CCOc1ccc(C(=O)Nc2ccc(Cl)c(NC(=O)c3ccccc3)c2)cc1[N+](=O)[O-]. The van der Waals surface area contributed by atoms with Crippen LogP contribution in [0.2, 0.25) is 5.02 Å². The molecule has 2 N–H and O–H groups in total. The topological polar surface area (TPSA) is 111 Å². The van der Waals surface area contributed by atoms with Gasteiger partial charge in [-0.15, -0.1) is 0 Å². The van der Waals surface area contributed by atoms with Crippen molar-refractivity contribution < 1.29 is 19.2 Å². The predicted octanol–water partition coefficient (Wildman–Crippen LogP) is 5.15. The predicted molar refractivity (Wildman–Crippen MR) is 118 cm³/mol. The number of nitrogens with zero attached hydrogens (tertiary/aromatic N) is 1. The Kier molecular flexibility index (Phi) is 6.84. The quantitative estimate of drug-likeness (QED) is 0.390. The third-order valence-electron chi connectivity index (χ3n) is 4.23. The van der Waals surface area contributed by atoms with E-state index in [1.165, 1.54) is 24.3 Å². The molecule has 0 aliphatic carbocycles. The standard InChI is InChI=1S/C22H18ClN3O5/c1-2-31-20-11-8-15(12-19(20)26(29)30)22(28)24-16-9-10-17(23)18(13-16)25-21(27)14-6-4-3-5-7-14/h3-13H,2H2,1H3,(H,24,28)(H,25,27). The summed E-state index contributed by atoms with van der Waals surface area (Å²) in [4.78, 5) is 35.6. The summed E-state index contributed by atoms with van der Waals surface area (Å²) in [6.45, 7) is 1.97. The number of rotatable bonds is 7. The average Bonchev–Trinajstić information content (AvgIpc) is 2.77. The van der Waals surface area contributed by atoms with Gasteiger partial charge in [0.2, 0.25) is 0 Å². The Morgan fingerprint density at radius 3 is 2.35 bits per heavy atom. The lowest BCUT2D eigenvalue weighted by Gasteiger charge is -2.11. The number of nitro groups is 1. The second-order valence-corrected chi connectivity index (χ2v) is 6.75. The van der Waals surface area contributed by atoms with Gasteiger partial charge in [0.1, 0.15) is 0 Å². The van der Waals surface area contributed by atoms with Crippen molar-refractivity contribution in [2.24, 2.45) is 0 Å². The zero-order chi connectivity index (χ0) is 22.4. The van der Waals surface area contributed by atoms with Gasteiger partial charge in [-0.2, -0.15) is 0 Å². The van der Waals surface area contributed by atoms with Crippen molar-refractivity contribution in [1.82, 2.24) is 0 Å². The first-order valence-corrected chi connectivity index (χ1v) is 9.65. The first-order chi connectivity index (χ1) is 14.9. The second kappa shape index (κ2) is 9.73. The highest BCUT2D eigenvalue weighted by Gasteiger charge is 2.19. The molecule has 3 aromatic rings. The monoisotopic (exact) mass is 439 g/mol. The number of nitrogens with one attached hydrogen (secondary N) is 2. The Hall–Kier alpha value is -3.91. The molecular weight excluding hydrogens is 422 g/mol. The van der Waals surface area contributed by atoms with Crippen LogP contribution in [0.15, 0.2) is 66.7 Å². The van der Waals surface area contributed by atoms with Crippen LogP contribution < -0.4 is 15.4 Å². The fraction of sp³-hybridized carbons (Fsp3) is 0.0909. The Labute approximate surface area is 182 Å². The molecule has 0 spiro atoms. The molecule has 0 unspecified atom stereocenters. The molecule has 0 saturated heterocycles. The Balaban J connectivity index is 1.79. The van der Waals surface area contributed by atoms with Crippen molar-refractivity contribution >= 4 is 40.5 Å². The fourth-order valence-electron chi connectivity index (χ4n) is 2.76. The number of carbonyl (C=O) groups excluding carboxylic acids is 2. The van der Waals surface area contributed by atoms with E-state index in [9.17, 15) is 19.7 Å². The highest BCUT2D eigenvalue weighted by Crippen LogP contribution is 2.29. The lowest BCUT2D eigenvalue weighted by Crippen LogP contribution is -2.14. The number of amides is 2. The second-order valence-electron chi connectivity index (χ2n) is 6.34. The molecule has 0 aromatic heterocycles. The Bertz CT molecular complexity index is 1140. The number of anilines is 2. The molecule has 8 nitrogen and oxygen atoms in total. The molecule has 0 aliphatic rings. The summed E-state index contributed by atoms with van der Waals surface area (Å²) in [5.74, 6) is -0.830. The van der Waals surface area contributed by atoms with Crippen LogP contribution in [0.1, 0.15) is 27.6 Å². The molecule has 0 fully saturated rings. The van der Waals surface area contributed by atoms with E-state index in [1.807, 2.05) is 0 Å². The number of benzene rings is 3. The van der Waals surface area contributed by atoms with Gasteiger partial charge in [0, 0.05) is 22.9 Å². The Morgan fingerprint density at radius 1 is 0.968 bits per heavy atom. The van der Waals surface area contributed by atoms with Crippen LogP contribution in [0.3, 0.4) is 0 Å². The van der Waals surface area contributed by atoms with Gasteiger partial charge in [-0.1, -0.05) is 29.8 Å². The Morgan fingerprint density at radius 2 is 1.68 bits per heavy atom. The van der Waals surface area contributed by atoms with E-state index in [2.05, 4.69) is 10.6 Å². The van der Waals surface area contributed by atoms with Crippen LogP contribution in [-0.2, 0) is 0 Å². The van der Waals surface area contributed by atoms with Crippen LogP contribution in [0, 0.1) is 10.1 Å². The first kappa shape index (κ1) is 21.8.